The number of aromatic nitrogens is 3. The van der Waals surface area contributed by atoms with Gasteiger partial charge in [0.2, 0.25) is 0 Å². The van der Waals surface area contributed by atoms with Gasteiger partial charge in [0.25, 0.3) is 0 Å². The van der Waals surface area contributed by atoms with Gasteiger partial charge in [0.1, 0.15) is 5.82 Å². The van der Waals surface area contributed by atoms with Crippen molar-refractivity contribution in [2.75, 3.05) is 19.5 Å². The summed E-state index contributed by atoms with van der Waals surface area (Å²) < 4.78 is 10.9. The number of methoxy groups -OCH3 is 2. The molecule has 1 aliphatic rings. The molecule has 0 atom stereocenters. The lowest BCUT2D eigenvalue weighted by molar-refractivity contribution is 0.356. The lowest BCUT2D eigenvalue weighted by Crippen LogP contribution is -2.16. The van der Waals surface area contributed by atoms with Crippen LogP contribution in [0.2, 0.25) is 0 Å². The highest BCUT2D eigenvalue weighted by atomic mass is 16.5. The van der Waals surface area contributed by atoms with Crippen molar-refractivity contribution in [2.45, 2.75) is 31.7 Å². The van der Waals surface area contributed by atoms with Crippen LogP contribution in [0.4, 0.5) is 5.82 Å². The minimum atomic E-state index is 0.447. The van der Waals surface area contributed by atoms with Crippen LogP contribution < -0.4 is 14.8 Å². The molecule has 0 spiro atoms. The number of fused-ring (bicyclic) bond motifs is 1. The largest absolute Gasteiger partial charge is 0.493 e. The zero-order valence-corrected chi connectivity index (χ0v) is 15.0. The van der Waals surface area contributed by atoms with Crippen molar-refractivity contribution in [3.63, 3.8) is 0 Å². The molecule has 0 saturated heterocycles. The van der Waals surface area contributed by atoms with Gasteiger partial charge in [-0.2, -0.15) is 0 Å². The molecule has 2 heterocycles. The first-order valence-corrected chi connectivity index (χ1v) is 8.89. The Hall–Kier alpha value is -2.89. The van der Waals surface area contributed by atoms with Crippen LogP contribution in [0.15, 0.2) is 36.7 Å². The van der Waals surface area contributed by atoms with Gasteiger partial charge in [-0.1, -0.05) is 12.8 Å². The minimum absolute atomic E-state index is 0.447. The molecule has 0 bridgehead atoms. The second-order valence-electron chi connectivity index (χ2n) is 6.49. The third-order valence-corrected chi connectivity index (χ3v) is 4.82. The highest BCUT2D eigenvalue weighted by molar-refractivity contribution is 5.93. The zero-order chi connectivity index (χ0) is 17.9. The monoisotopic (exact) mass is 350 g/mol. The molecule has 1 saturated carbocycles. The van der Waals surface area contributed by atoms with Gasteiger partial charge in [0, 0.05) is 35.5 Å². The maximum Gasteiger partial charge on any atom is 0.163 e. The van der Waals surface area contributed by atoms with Crippen LogP contribution in [0.25, 0.3) is 22.3 Å². The third kappa shape index (κ3) is 3.14. The quantitative estimate of drug-likeness (QED) is 0.748. The van der Waals surface area contributed by atoms with E-state index in [2.05, 4.69) is 10.3 Å². The first kappa shape index (κ1) is 16.6. The van der Waals surface area contributed by atoms with Crippen molar-refractivity contribution in [1.82, 2.24) is 15.0 Å². The molecule has 0 amide bonds. The second kappa shape index (κ2) is 7.15. The number of hydrogen-bond acceptors (Lipinski definition) is 6. The van der Waals surface area contributed by atoms with E-state index in [4.69, 9.17) is 19.4 Å². The van der Waals surface area contributed by atoms with Gasteiger partial charge < -0.3 is 14.8 Å². The SMILES string of the molecule is COc1cc2nc(-c3cccnc3)nc(NC3CCCC3)c2cc1OC. The molecule has 6 nitrogen and oxygen atoms in total. The van der Waals surface area contributed by atoms with Crippen molar-refractivity contribution < 1.29 is 9.47 Å². The summed E-state index contributed by atoms with van der Waals surface area (Å²) >= 11 is 0. The number of ether oxygens (including phenoxy) is 2. The molecule has 134 valence electrons. The number of rotatable bonds is 5. The Morgan fingerprint density at radius 1 is 1.04 bits per heavy atom. The first-order valence-electron chi connectivity index (χ1n) is 8.89. The molecule has 26 heavy (non-hydrogen) atoms. The molecule has 3 aromatic rings. The van der Waals surface area contributed by atoms with Crippen molar-refractivity contribution in [3.8, 4) is 22.9 Å². The Morgan fingerprint density at radius 3 is 2.50 bits per heavy atom. The third-order valence-electron chi connectivity index (χ3n) is 4.82. The van der Waals surface area contributed by atoms with E-state index in [1.807, 2.05) is 24.3 Å². The van der Waals surface area contributed by atoms with E-state index < -0.39 is 0 Å². The maximum absolute atomic E-state index is 5.47. The summed E-state index contributed by atoms with van der Waals surface area (Å²) in [6, 6.07) is 8.15. The molecule has 2 aromatic heterocycles. The van der Waals surface area contributed by atoms with Gasteiger partial charge in [0.05, 0.1) is 19.7 Å². The van der Waals surface area contributed by atoms with Crippen LogP contribution in [-0.4, -0.2) is 35.2 Å². The molecular weight excluding hydrogens is 328 g/mol. The summed E-state index contributed by atoms with van der Waals surface area (Å²) in [6.07, 6.45) is 8.38. The predicted molar refractivity (Wildman–Crippen MR) is 102 cm³/mol. The average Bonchev–Trinajstić information content (AvgIpc) is 3.20. The summed E-state index contributed by atoms with van der Waals surface area (Å²) in [5.74, 6) is 2.81. The van der Waals surface area contributed by atoms with Gasteiger partial charge >= 0.3 is 0 Å². The van der Waals surface area contributed by atoms with Gasteiger partial charge in [-0.25, -0.2) is 9.97 Å². The number of pyridine rings is 1. The Bertz CT molecular complexity index is 909. The van der Waals surface area contributed by atoms with Crippen molar-refractivity contribution >= 4 is 16.7 Å². The Labute approximate surface area is 152 Å². The van der Waals surface area contributed by atoms with Gasteiger partial charge in [0.15, 0.2) is 17.3 Å². The number of anilines is 1. The maximum atomic E-state index is 5.47. The summed E-state index contributed by atoms with van der Waals surface area (Å²) in [6.45, 7) is 0. The molecule has 1 fully saturated rings. The second-order valence-corrected chi connectivity index (χ2v) is 6.49. The lowest BCUT2D eigenvalue weighted by atomic mass is 10.1. The Kier molecular flexibility index (Phi) is 4.56. The normalized spacial score (nSPS) is 14.5. The van der Waals surface area contributed by atoms with E-state index in [-0.39, 0.29) is 0 Å². The van der Waals surface area contributed by atoms with Crippen LogP contribution in [0.1, 0.15) is 25.7 Å². The van der Waals surface area contributed by atoms with Crippen molar-refractivity contribution in [3.05, 3.63) is 36.7 Å². The first-order chi connectivity index (χ1) is 12.8. The summed E-state index contributed by atoms with van der Waals surface area (Å²) in [5.41, 5.74) is 1.70. The molecule has 0 radical (unpaired) electrons. The van der Waals surface area contributed by atoms with Crippen LogP contribution in [-0.2, 0) is 0 Å². The number of hydrogen-bond donors (Lipinski definition) is 1. The van der Waals surface area contributed by atoms with Crippen LogP contribution in [0, 0.1) is 0 Å². The van der Waals surface area contributed by atoms with E-state index >= 15 is 0 Å². The van der Waals surface area contributed by atoms with E-state index in [0.717, 1.165) is 22.3 Å². The van der Waals surface area contributed by atoms with E-state index in [1.54, 1.807) is 26.6 Å². The van der Waals surface area contributed by atoms with Gasteiger partial charge in [-0.15, -0.1) is 0 Å². The molecule has 6 heteroatoms. The van der Waals surface area contributed by atoms with Gasteiger partial charge in [-0.05, 0) is 31.0 Å². The smallest absolute Gasteiger partial charge is 0.163 e. The van der Waals surface area contributed by atoms with E-state index in [9.17, 15) is 0 Å². The fourth-order valence-electron chi connectivity index (χ4n) is 3.45. The fourth-order valence-corrected chi connectivity index (χ4v) is 3.45. The Morgan fingerprint density at radius 2 is 1.81 bits per heavy atom. The van der Waals surface area contributed by atoms with E-state index in [0.29, 0.717) is 23.4 Å². The zero-order valence-electron chi connectivity index (χ0n) is 15.0. The molecule has 1 aromatic carbocycles. The molecule has 0 aliphatic heterocycles. The topological polar surface area (TPSA) is 69.2 Å². The standard InChI is InChI=1S/C20H22N4O2/c1-25-17-10-15-16(11-18(17)26-2)23-19(13-6-5-9-21-12-13)24-20(15)22-14-7-3-4-8-14/h5-6,9-12,14H,3-4,7-8H2,1-2H3,(H,22,23,24). The highest BCUT2D eigenvalue weighted by Gasteiger charge is 2.19. The predicted octanol–water partition coefficient (Wildman–Crippen LogP) is 4.06. The van der Waals surface area contributed by atoms with Crippen LogP contribution >= 0.6 is 0 Å². The summed E-state index contributed by atoms with van der Waals surface area (Å²) in [7, 11) is 3.27. The summed E-state index contributed by atoms with van der Waals surface area (Å²) in [4.78, 5) is 13.7. The molecule has 0 unspecified atom stereocenters. The summed E-state index contributed by atoms with van der Waals surface area (Å²) in [5, 5.41) is 4.55. The average molecular weight is 350 g/mol. The molecule has 4 rings (SSSR count). The fraction of sp³-hybridized carbons (Fsp3) is 0.350. The number of nitrogens with zero attached hydrogens (tertiary/aromatic N) is 3. The van der Waals surface area contributed by atoms with E-state index in [1.165, 1.54) is 25.7 Å². The molecule has 1 N–H and O–H groups in total. The minimum Gasteiger partial charge on any atom is -0.493 e. The van der Waals surface area contributed by atoms with Crippen LogP contribution in [0.5, 0.6) is 11.5 Å². The van der Waals surface area contributed by atoms with Gasteiger partial charge in [-0.3, -0.25) is 4.98 Å². The molecule has 1 aliphatic carbocycles. The highest BCUT2D eigenvalue weighted by Crippen LogP contribution is 2.36. The van der Waals surface area contributed by atoms with Crippen molar-refractivity contribution in [1.29, 1.82) is 0 Å². The Balaban J connectivity index is 1.88. The lowest BCUT2D eigenvalue weighted by Gasteiger charge is -2.17. The number of nitrogens with one attached hydrogen (secondary N) is 1. The number of benzene rings is 1. The van der Waals surface area contributed by atoms with Crippen molar-refractivity contribution in [2.24, 2.45) is 0 Å². The molecular formula is C20H22N4O2. The van der Waals surface area contributed by atoms with Crippen LogP contribution in [0.3, 0.4) is 0 Å².